The van der Waals surface area contributed by atoms with E-state index < -0.39 is 0 Å². The third kappa shape index (κ3) is 2.95. The van der Waals surface area contributed by atoms with Crippen molar-refractivity contribution in [1.82, 2.24) is 15.5 Å². The van der Waals surface area contributed by atoms with Crippen LogP contribution in [0.25, 0.3) is 0 Å². The van der Waals surface area contributed by atoms with Gasteiger partial charge in [-0.15, -0.1) is 0 Å². The van der Waals surface area contributed by atoms with Crippen LogP contribution in [0.2, 0.25) is 0 Å². The van der Waals surface area contributed by atoms with Crippen LogP contribution in [0.3, 0.4) is 0 Å². The molecule has 0 aromatic heterocycles. The van der Waals surface area contributed by atoms with Gasteiger partial charge in [-0.3, -0.25) is 9.59 Å². The molecule has 0 aromatic carbocycles. The molecule has 0 aromatic rings. The van der Waals surface area contributed by atoms with Gasteiger partial charge in [0.05, 0.1) is 6.54 Å². The molecule has 2 heterocycles. The first-order chi connectivity index (χ1) is 7.75. The number of amides is 2. The minimum Gasteiger partial charge on any atom is -0.352 e. The fourth-order valence-corrected chi connectivity index (χ4v) is 2.26. The minimum absolute atomic E-state index is 0.123. The van der Waals surface area contributed by atoms with Crippen LogP contribution < -0.4 is 10.6 Å². The van der Waals surface area contributed by atoms with E-state index in [9.17, 15) is 9.59 Å². The Labute approximate surface area is 95.6 Å². The summed E-state index contributed by atoms with van der Waals surface area (Å²) in [5.41, 5.74) is 0. The monoisotopic (exact) mass is 225 g/mol. The summed E-state index contributed by atoms with van der Waals surface area (Å²) in [6, 6.07) is 0.207. The Balaban J connectivity index is 1.60. The second-order valence-corrected chi connectivity index (χ2v) is 4.52. The summed E-state index contributed by atoms with van der Waals surface area (Å²) in [5.74, 6) is 0.305. The van der Waals surface area contributed by atoms with E-state index >= 15 is 0 Å². The number of hydrogen-bond donors (Lipinski definition) is 2. The van der Waals surface area contributed by atoms with Gasteiger partial charge in [-0.25, -0.2) is 0 Å². The number of likely N-dealkylation sites (tertiary alicyclic amines) is 1. The smallest absolute Gasteiger partial charge is 0.236 e. The van der Waals surface area contributed by atoms with Crippen molar-refractivity contribution in [2.24, 2.45) is 0 Å². The number of carbonyl (C=O) groups excluding carboxylic acids is 2. The second-order valence-electron chi connectivity index (χ2n) is 4.52. The van der Waals surface area contributed by atoms with Gasteiger partial charge in [-0.05, 0) is 19.3 Å². The van der Waals surface area contributed by atoms with E-state index in [0.717, 1.165) is 32.4 Å². The predicted molar refractivity (Wildman–Crippen MR) is 59.8 cm³/mol. The largest absolute Gasteiger partial charge is 0.352 e. The normalized spacial score (nSPS) is 24.9. The zero-order valence-corrected chi connectivity index (χ0v) is 9.50. The van der Waals surface area contributed by atoms with Crippen molar-refractivity contribution >= 4 is 11.8 Å². The maximum atomic E-state index is 11.7. The van der Waals surface area contributed by atoms with Gasteiger partial charge in [0.1, 0.15) is 0 Å². The first-order valence-corrected chi connectivity index (χ1v) is 6.03. The predicted octanol–water partition coefficient (Wildman–Crippen LogP) is -0.523. The molecule has 1 unspecified atom stereocenters. The molecule has 2 saturated heterocycles. The van der Waals surface area contributed by atoms with Crippen molar-refractivity contribution in [2.45, 2.75) is 31.7 Å². The molecule has 2 rings (SSSR count). The molecule has 5 heteroatoms. The minimum atomic E-state index is 0.123. The van der Waals surface area contributed by atoms with Gasteiger partial charge in [-0.2, -0.15) is 0 Å². The van der Waals surface area contributed by atoms with Crippen molar-refractivity contribution in [3.8, 4) is 0 Å². The van der Waals surface area contributed by atoms with Gasteiger partial charge in [0.25, 0.3) is 0 Å². The number of nitrogens with zero attached hydrogens (tertiary/aromatic N) is 1. The van der Waals surface area contributed by atoms with E-state index in [0.29, 0.717) is 19.5 Å². The van der Waals surface area contributed by atoms with E-state index in [1.807, 2.05) is 4.90 Å². The van der Waals surface area contributed by atoms with E-state index in [-0.39, 0.29) is 17.9 Å². The van der Waals surface area contributed by atoms with E-state index in [2.05, 4.69) is 10.6 Å². The van der Waals surface area contributed by atoms with E-state index in [1.165, 1.54) is 0 Å². The van der Waals surface area contributed by atoms with Crippen molar-refractivity contribution in [1.29, 1.82) is 0 Å². The number of rotatable bonds is 4. The van der Waals surface area contributed by atoms with Crippen LogP contribution in [0.15, 0.2) is 0 Å². The van der Waals surface area contributed by atoms with E-state index in [1.54, 1.807) is 0 Å². The highest BCUT2D eigenvalue weighted by atomic mass is 16.2. The Hall–Kier alpha value is -1.10. The maximum Gasteiger partial charge on any atom is 0.236 e. The van der Waals surface area contributed by atoms with Crippen LogP contribution >= 0.6 is 0 Å². The van der Waals surface area contributed by atoms with Crippen molar-refractivity contribution < 1.29 is 9.59 Å². The van der Waals surface area contributed by atoms with Crippen molar-refractivity contribution in [3.63, 3.8) is 0 Å². The molecule has 0 bridgehead atoms. The standard InChI is InChI=1S/C11H19N3O2/c15-10-4-3-9(13-10)7-12-8-11(16)14-5-1-2-6-14/h9,12H,1-8H2,(H,13,15). The molecule has 2 N–H and O–H groups in total. The van der Waals surface area contributed by atoms with E-state index in [4.69, 9.17) is 0 Å². The lowest BCUT2D eigenvalue weighted by Crippen LogP contribution is -2.41. The molecule has 2 aliphatic rings. The van der Waals surface area contributed by atoms with Crippen LogP contribution in [-0.4, -0.2) is 48.9 Å². The topological polar surface area (TPSA) is 61.4 Å². The number of hydrogen-bond acceptors (Lipinski definition) is 3. The molecule has 5 nitrogen and oxygen atoms in total. The van der Waals surface area contributed by atoms with Crippen LogP contribution in [0.5, 0.6) is 0 Å². The number of carbonyl (C=O) groups is 2. The lowest BCUT2D eigenvalue weighted by atomic mass is 10.2. The first kappa shape index (κ1) is 11.4. The van der Waals surface area contributed by atoms with Gasteiger partial charge >= 0.3 is 0 Å². The van der Waals surface area contributed by atoms with Crippen LogP contribution in [0, 0.1) is 0 Å². The molecular formula is C11H19N3O2. The summed E-state index contributed by atoms with van der Waals surface area (Å²) in [6.45, 7) is 2.90. The first-order valence-electron chi connectivity index (χ1n) is 6.03. The van der Waals surface area contributed by atoms with Crippen molar-refractivity contribution in [2.75, 3.05) is 26.2 Å². The highest BCUT2D eigenvalue weighted by Crippen LogP contribution is 2.07. The van der Waals surface area contributed by atoms with Crippen LogP contribution in [0.4, 0.5) is 0 Å². The molecule has 0 spiro atoms. The Bertz CT molecular complexity index is 274. The average molecular weight is 225 g/mol. The van der Waals surface area contributed by atoms with Crippen LogP contribution in [0.1, 0.15) is 25.7 Å². The summed E-state index contributed by atoms with van der Waals surface area (Å²) in [4.78, 5) is 24.5. The van der Waals surface area contributed by atoms with Crippen LogP contribution in [-0.2, 0) is 9.59 Å². The summed E-state index contributed by atoms with van der Waals surface area (Å²) in [7, 11) is 0. The quantitative estimate of drug-likeness (QED) is 0.676. The van der Waals surface area contributed by atoms with Gasteiger partial charge in [0.15, 0.2) is 0 Å². The summed E-state index contributed by atoms with van der Waals surface area (Å²) >= 11 is 0. The molecule has 16 heavy (non-hydrogen) atoms. The highest BCUT2D eigenvalue weighted by molar-refractivity contribution is 5.79. The molecule has 2 aliphatic heterocycles. The molecule has 1 atom stereocenters. The molecule has 0 radical (unpaired) electrons. The van der Waals surface area contributed by atoms with Gasteiger partial charge in [-0.1, -0.05) is 0 Å². The molecule has 0 saturated carbocycles. The second kappa shape index (κ2) is 5.30. The average Bonchev–Trinajstić information content (AvgIpc) is 2.89. The third-order valence-corrected chi connectivity index (χ3v) is 3.21. The summed E-state index contributed by atoms with van der Waals surface area (Å²) < 4.78 is 0. The zero-order valence-electron chi connectivity index (χ0n) is 9.50. The summed E-state index contributed by atoms with van der Waals surface area (Å²) in [5, 5.41) is 5.99. The van der Waals surface area contributed by atoms with Crippen molar-refractivity contribution in [3.05, 3.63) is 0 Å². The molecular weight excluding hydrogens is 206 g/mol. The SMILES string of the molecule is O=C1CCC(CNCC(=O)N2CCCC2)N1. The highest BCUT2D eigenvalue weighted by Gasteiger charge is 2.21. The fourth-order valence-electron chi connectivity index (χ4n) is 2.26. The van der Waals surface area contributed by atoms with Gasteiger partial charge in [0.2, 0.25) is 11.8 Å². The lowest BCUT2D eigenvalue weighted by molar-refractivity contribution is -0.129. The fraction of sp³-hybridized carbons (Fsp3) is 0.818. The lowest BCUT2D eigenvalue weighted by Gasteiger charge is -2.16. The zero-order chi connectivity index (χ0) is 11.4. The maximum absolute atomic E-state index is 11.7. The van der Waals surface area contributed by atoms with Gasteiger partial charge in [0, 0.05) is 32.1 Å². The summed E-state index contributed by atoms with van der Waals surface area (Å²) in [6.07, 6.45) is 3.75. The van der Waals surface area contributed by atoms with Gasteiger partial charge < -0.3 is 15.5 Å². The Morgan fingerprint density at radius 3 is 2.81 bits per heavy atom. The Morgan fingerprint density at radius 2 is 2.19 bits per heavy atom. The Morgan fingerprint density at radius 1 is 1.44 bits per heavy atom. The Kier molecular flexibility index (Phi) is 3.77. The molecule has 2 amide bonds. The molecule has 2 fully saturated rings. The molecule has 90 valence electrons. The number of nitrogens with one attached hydrogen (secondary N) is 2. The molecule has 0 aliphatic carbocycles. The third-order valence-electron chi connectivity index (χ3n) is 3.21.